The van der Waals surface area contributed by atoms with Gasteiger partial charge >= 0.3 is 32.3 Å². The summed E-state index contributed by atoms with van der Waals surface area (Å²) in [4.78, 5) is 22.0. The van der Waals surface area contributed by atoms with E-state index in [1.54, 1.807) is 26.0 Å². The van der Waals surface area contributed by atoms with Crippen LogP contribution in [-0.2, 0) is 19.1 Å². The Morgan fingerprint density at radius 1 is 0.895 bits per heavy atom. The molecule has 0 atom stereocenters. The van der Waals surface area contributed by atoms with Crippen LogP contribution in [0.2, 0.25) is 9.10 Å². The second-order valence-electron chi connectivity index (χ2n) is 4.10. The van der Waals surface area contributed by atoms with Crippen LogP contribution in [0.5, 0.6) is 0 Å². The maximum absolute atomic E-state index is 11.0. The number of carbonyl (C=O) groups is 2. The number of ether oxygens (including phenoxy) is 2. The van der Waals surface area contributed by atoms with Gasteiger partial charge in [0.05, 0.1) is 13.2 Å². The quantitative estimate of drug-likeness (QED) is 0.267. The largest absolute Gasteiger partial charge is 0.463 e. The highest BCUT2D eigenvalue weighted by Gasteiger charge is 2.00. The van der Waals surface area contributed by atoms with Crippen LogP contribution in [0.25, 0.3) is 0 Å². The highest BCUT2D eigenvalue weighted by atomic mass is 24.5. The van der Waals surface area contributed by atoms with E-state index in [1.165, 1.54) is 12.2 Å². The Kier molecular flexibility index (Phi) is 13.0. The van der Waals surface area contributed by atoms with Crippen LogP contribution < -0.4 is 0 Å². The Balaban J connectivity index is 3.23. The van der Waals surface area contributed by atoms with Gasteiger partial charge in [0, 0.05) is 12.2 Å². The van der Waals surface area contributed by atoms with Crippen LogP contribution in [0.4, 0.5) is 0 Å². The molecule has 0 radical (unpaired) electrons. The van der Waals surface area contributed by atoms with Gasteiger partial charge in [-0.05, 0) is 26.7 Å². The minimum Gasteiger partial charge on any atom is -0.463 e. The summed E-state index contributed by atoms with van der Waals surface area (Å²) in [6.07, 6.45) is 8.08. The van der Waals surface area contributed by atoms with Crippen molar-refractivity contribution in [2.24, 2.45) is 0 Å². The molecular weight excluding hydrogens is 256 g/mol. The first kappa shape index (κ1) is 18.2. The summed E-state index contributed by atoms with van der Waals surface area (Å²) >= 11 is -0.120. The smallest absolute Gasteiger partial charge is 0.364 e. The van der Waals surface area contributed by atoms with Crippen molar-refractivity contribution < 1.29 is 19.1 Å². The van der Waals surface area contributed by atoms with E-state index in [0.29, 0.717) is 13.2 Å². The molecule has 0 saturated carbocycles. The van der Waals surface area contributed by atoms with E-state index in [9.17, 15) is 9.59 Å². The van der Waals surface area contributed by atoms with Gasteiger partial charge in [-0.1, -0.05) is 12.2 Å². The van der Waals surface area contributed by atoms with Gasteiger partial charge in [-0.25, -0.2) is 9.59 Å². The van der Waals surface area contributed by atoms with E-state index in [4.69, 9.17) is 9.47 Å². The van der Waals surface area contributed by atoms with Gasteiger partial charge < -0.3 is 9.47 Å². The molecule has 0 rings (SSSR count). The van der Waals surface area contributed by atoms with E-state index in [0.717, 1.165) is 21.9 Å². The summed E-state index contributed by atoms with van der Waals surface area (Å²) in [5.41, 5.74) is 0. The van der Waals surface area contributed by atoms with Crippen LogP contribution in [-0.4, -0.2) is 45.5 Å². The molecular formula is C14H22MgO4. The third-order valence-corrected chi connectivity index (χ3v) is 4.38. The molecule has 0 aromatic rings. The summed E-state index contributed by atoms with van der Waals surface area (Å²) < 4.78 is 12.3. The number of hydrogen-bond donors (Lipinski definition) is 0. The average Bonchev–Trinajstić information content (AvgIpc) is 2.37. The fraction of sp³-hybridized carbons (Fsp3) is 0.571. The van der Waals surface area contributed by atoms with Crippen molar-refractivity contribution in [3.8, 4) is 0 Å². The molecule has 0 aliphatic carbocycles. The minimum atomic E-state index is -0.264. The lowest BCUT2D eigenvalue weighted by atomic mass is 10.5. The molecule has 104 valence electrons. The molecule has 0 heterocycles. The standard InChI is InChI=1S/2C7H11O2.Mg/c2*1-3-5-7(8)9-6-4-2;/h2*3,5H,2,4,6H2,1H3;. The second-order valence-corrected chi connectivity index (χ2v) is 6.22. The van der Waals surface area contributed by atoms with Crippen molar-refractivity contribution >= 4 is 32.3 Å². The fourth-order valence-corrected chi connectivity index (χ4v) is 2.92. The molecule has 0 aliphatic rings. The van der Waals surface area contributed by atoms with E-state index in [-0.39, 0.29) is 32.3 Å². The molecule has 4 nitrogen and oxygen atoms in total. The third kappa shape index (κ3) is 13.4. The van der Waals surface area contributed by atoms with Crippen LogP contribution in [0.15, 0.2) is 24.3 Å². The van der Waals surface area contributed by atoms with E-state index < -0.39 is 0 Å². The minimum absolute atomic E-state index is 0.120. The van der Waals surface area contributed by atoms with Gasteiger partial charge in [0.1, 0.15) is 0 Å². The highest BCUT2D eigenvalue weighted by Crippen LogP contribution is 1.98. The summed E-state index contributed by atoms with van der Waals surface area (Å²) in [5, 5.41) is 0. The molecule has 0 spiro atoms. The summed E-state index contributed by atoms with van der Waals surface area (Å²) in [6.45, 7) is 4.59. The van der Waals surface area contributed by atoms with Gasteiger partial charge in [-0.2, -0.15) is 0 Å². The first-order valence-corrected chi connectivity index (χ1v) is 8.79. The first-order chi connectivity index (χ1) is 9.20. The monoisotopic (exact) mass is 278 g/mol. The third-order valence-electron chi connectivity index (χ3n) is 2.38. The van der Waals surface area contributed by atoms with Crippen LogP contribution in [0, 0.1) is 0 Å². The summed E-state index contributed by atoms with van der Waals surface area (Å²) in [5.74, 6) is -0.528. The molecule has 0 unspecified atom stereocenters. The van der Waals surface area contributed by atoms with E-state index >= 15 is 0 Å². The molecule has 0 N–H and O–H groups in total. The molecule has 19 heavy (non-hydrogen) atoms. The first-order valence-electron chi connectivity index (χ1n) is 6.79. The molecule has 0 aromatic heterocycles. The summed E-state index contributed by atoms with van der Waals surface area (Å²) in [6, 6.07) is 0. The molecule has 0 fully saturated rings. The number of carbonyl (C=O) groups excluding carboxylic acids is 2. The maximum atomic E-state index is 11.0. The van der Waals surface area contributed by atoms with E-state index in [1.807, 2.05) is 0 Å². The SMILES string of the molecule is CC=CC(=O)OCC[CH2][Mg][CH2]CCOC(=O)C=CC. The van der Waals surface area contributed by atoms with Gasteiger partial charge in [-0.3, -0.25) is 0 Å². The normalized spacial score (nSPS) is 10.6. The van der Waals surface area contributed by atoms with Crippen LogP contribution in [0.3, 0.4) is 0 Å². The highest BCUT2D eigenvalue weighted by molar-refractivity contribution is 6.35. The second kappa shape index (κ2) is 13.6. The fourth-order valence-electron chi connectivity index (χ4n) is 1.45. The van der Waals surface area contributed by atoms with Crippen molar-refractivity contribution in [2.45, 2.75) is 35.8 Å². The Labute approximate surface area is 124 Å². The van der Waals surface area contributed by atoms with Crippen LogP contribution in [0.1, 0.15) is 26.7 Å². The van der Waals surface area contributed by atoms with Crippen molar-refractivity contribution in [3.63, 3.8) is 0 Å². The molecule has 0 amide bonds. The summed E-state index contributed by atoms with van der Waals surface area (Å²) in [7, 11) is 0. The molecule has 0 saturated heterocycles. The Bertz CT molecular complexity index is 281. The Morgan fingerprint density at radius 2 is 1.32 bits per heavy atom. The molecule has 0 aromatic carbocycles. The lowest BCUT2D eigenvalue weighted by Gasteiger charge is -2.02. The van der Waals surface area contributed by atoms with Gasteiger partial charge in [0.25, 0.3) is 0 Å². The van der Waals surface area contributed by atoms with Crippen molar-refractivity contribution in [3.05, 3.63) is 24.3 Å². The van der Waals surface area contributed by atoms with Crippen molar-refractivity contribution in [1.82, 2.24) is 0 Å². The topological polar surface area (TPSA) is 52.6 Å². The zero-order valence-electron chi connectivity index (χ0n) is 11.9. The van der Waals surface area contributed by atoms with Gasteiger partial charge in [0.15, 0.2) is 0 Å². The Hall–Kier alpha value is -0.814. The maximum Gasteiger partial charge on any atom is 0.364 e. The zero-order valence-corrected chi connectivity index (χ0v) is 13.3. The number of allylic oxidation sites excluding steroid dienone is 2. The zero-order chi connectivity index (χ0) is 14.3. The van der Waals surface area contributed by atoms with Gasteiger partial charge in [-0.15, -0.1) is 9.10 Å². The lowest BCUT2D eigenvalue weighted by molar-refractivity contribution is -0.138. The molecule has 0 bridgehead atoms. The predicted molar refractivity (Wildman–Crippen MR) is 76.1 cm³/mol. The van der Waals surface area contributed by atoms with Crippen molar-refractivity contribution in [1.29, 1.82) is 0 Å². The number of esters is 2. The van der Waals surface area contributed by atoms with Crippen molar-refractivity contribution in [2.75, 3.05) is 13.2 Å². The van der Waals surface area contributed by atoms with Crippen LogP contribution >= 0.6 is 0 Å². The van der Waals surface area contributed by atoms with E-state index in [2.05, 4.69) is 0 Å². The predicted octanol–water partition coefficient (Wildman–Crippen LogP) is 2.55. The average molecular weight is 279 g/mol. The number of rotatable bonds is 10. The molecule has 0 aliphatic heterocycles. The Morgan fingerprint density at radius 3 is 1.68 bits per heavy atom. The van der Waals surface area contributed by atoms with Gasteiger partial charge in [0.2, 0.25) is 0 Å². The molecule has 5 heteroatoms. The lowest BCUT2D eigenvalue weighted by Crippen LogP contribution is -2.05. The number of hydrogen-bond acceptors (Lipinski definition) is 4.